The number of H-pyrrole nitrogens is 1. The highest BCUT2D eigenvalue weighted by Gasteiger charge is 2.26. The first-order valence-corrected chi connectivity index (χ1v) is 8.93. The van der Waals surface area contributed by atoms with Crippen LogP contribution in [0.15, 0.2) is 24.7 Å². The summed E-state index contributed by atoms with van der Waals surface area (Å²) in [5.74, 6) is 2.04. The lowest BCUT2D eigenvalue weighted by molar-refractivity contribution is 0.0745. The Kier molecular flexibility index (Phi) is 4.10. The molecule has 4 rings (SSSR count). The molecule has 1 saturated heterocycles. The van der Waals surface area contributed by atoms with Gasteiger partial charge in [0.2, 0.25) is 0 Å². The third-order valence-corrected chi connectivity index (χ3v) is 4.81. The van der Waals surface area contributed by atoms with Crippen LogP contribution in [0.2, 0.25) is 0 Å². The first-order valence-electron chi connectivity index (χ1n) is 8.93. The zero-order valence-corrected chi connectivity index (χ0v) is 15.3. The molecule has 8 heteroatoms. The second-order valence-corrected chi connectivity index (χ2v) is 6.93. The van der Waals surface area contributed by atoms with Gasteiger partial charge in [-0.05, 0) is 18.9 Å². The third kappa shape index (κ3) is 2.81. The van der Waals surface area contributed by atoms with E-state index in [0.29, 0.717) is 19.0 Å². The molecule has 1 fully saturated rings. The van der Waals surface area contributed by atoms with E-state index in [4.69, 9.17) is 0 Å². The summed E-state index contributed by atoms with van der Waals surface area (Å²) in [6.07, 6.45) is 5.36. The first kappa shape index (κ1) is 16.6. The predicted octanol–water partition coefficient (Wildman–Crippen LogP) is 1.85. The first-order chi connectivity index (χ1) is 12.5. The minimum Gasteiger partial charge on any atom is -0.364 e. The van der Waals surface area contributed by atoms with Crippen molar-refractivity contribution in [2.45, 2.75) is 26.7 Å². The van der Waals surface area contributed by atoms with Gasteiger partial charge in [-0.2, -0.15) is 4.52 Å². The quantitative estimate of drug-likeness (QED) is 0.777. The van der Waals surface area contributed by atoms with E-state index in [-0.39, 0.29) is 5.91 Å². The smallest absolute Gasteiger partial charge is 0.255 e. The number of piperazine rings is 1. The molecule has 4 heterocycles. The molecule has 26 heavy (non-hydrogen) atoms. The van der Waals surface area contributed by atoms with Crippen LogP contribution in [0.5, 0.6) is 0 Å². The second-order valence-electron chi connectivity index (χ2n) is 6.93. The van der Waals surface area contributed by atoms with Crippen LogP contribution in [0.3, 0.4) is 0 Å². The summed E-state index contributed by atoms with van der Waals surface area (Å²) in [5.41, 5.74) is 2.53. The van der Waals surface area contributed by atoms with E-state index in [1.165, 1.54) is 0 Å². The number of carbonyl (C=O) groups excluding carboxylic acids is 1. The van der Waals surface area contributed by atoms with Crippen molar-refractivity contribution in [2.24, 2.45) is 0 Å². The molecule has 0 atom stereocenters. The van der Waals surface area contributed by atoms with Crippen molar-refractivity contribution >= 4 is 17.4 Å². The van der Waals surface area contributed by atoms with Gasteiger partial charge < -0.3 is 14.8 Å². The molecule has 1 aliphatic rings. The minimum atomic E-state index is 0.0996. The largest absolute Gasteiger partial charge is 0.364 e. The van der Waals surface area contributed by atoms with Gasteiger partial charge in [-0.1, -0.05) is 13.8 Å². The molecular weight excluding hydrogens is 330 g/mol. The fourth-order valence-corrected chi connectivity index (χ4v) is 3.48. The molecule has 0 aromatic carbocycles. The summed E-state index contributed by atoms with van der Waals surface area (Å²) in [4.78, 5) is 28.9. The maximum absolute atomic E-state index is 12.9. The third-order valence-electron chi connectivity index (χ3n) is 4.81. The van der Waals surface area contributed by atoms with Crippen molar-refractivity contribution < 1.29 is 4.79 Å². The number of anilines is 1. The zero-order chi connectivity index (χ0) is 18.3. The van der Waals surface area contributed by atoms with Crippen molar-refractivity contribution in [3.05, 3.63) is 41.7 Å². The Morgan fingerprint density at radius 1 is 1.19 bits per heavy atom. The highest BCUT2D eigenvalue weighted by molar-refractivity contribution is 5.95. The molecule has 136 valence electrons. The normalized spacial score (nSPS) is 15.2. The number of nitrogens with zero attached hydrogens (tertiary/aromatic N) is 6. The number of hydrogen-bond acceptors (Lipinski definition) is 5. The van der Waals surface area contributed by atoms with Gasteiger partial charge in [0.15, 0.2) is 11.5 Å². The topological polar surface area (TPSA) is 82.4 Å². The molecule has 0 saturated carbocycles. The number of amides is 1. The van der Waals surface area contributed by atoms with Crippen LogP contribution >= 0.6 is 0 Å². The van der Waals surface area contributed by atoms with Crippen molar-refractivity contribution in [3.8, 4) is 0 Å². The lowest BCUT2D eigenvalue weighted by Gasteiger charge is -2.35. The SMILES string of the molecule is Cc1nc2cncc(N3CCN(C(=O)c4cc[nH]c4C(C)C)CC3)n2n1. The molecule has 0 unspecified atom stereocenters. The Balaban J connectivity index is 1.50. The van der Waals surface area contributed by atoms with Gasteiger partial charge in [0, 0.05) is 38.1 Å². The minimum absolute atomic E-state index is 0.0996. The average molecular weight is 353 g/mol. The number of hydrogen-bond donors (Lipinski definition) is 1. The number of carbonyl (C=O) groups is 1. The standard InChI is InChI=1S/C18H23N7O/c1-12(2)17-14(4-5-20-17)18(26)24-8-6-23(7-9-24)16-11-19-10-15-21-13(3)22-25(15)16/h4-5,10-12,20H,6-9H2,1-3H3. The molecule has 3 aromatic heterocycles. The van der Waals surface area contributed by atoms with Crippen molar-refractivity contribution in [1.82, 2.24) is 29.5 Å². The monoisotopic (exact) mass is 353 g/mol. The number of rotatable bonds is 3. The highest BCUT2D eigenvalue weighted by atomic mass is 16.2. The molecular formula is C18H23N7O. The van der Waals surface area contributed by atoms with Crippen LogP contribution in [0.1, 0.15) is 41.6 Å². The van der Waals surface area contributed by atoms with Crippen LogP contribution in [0.25, 0.3) is 5.65 Å². The molecule has 8 nitrogen and oxygen atoms in total. The summed E-state index contributed by atoms with van der Waals surface area (Å²) < 4.78 is 1.82. The van der Waals surface area contributed by atoms with Crippen LogP contribution in [-0.4, -0.2) is 61.6 Å². The van der Waals surface area contributed by atoms with Gasteiger partial charge in [0.1, 0.15) is 5.82 Å². The van der Waals surface area contributed by atoms with E-state index < -0.39 is 0 Å². The maximum atomic E-state index is 12.9. The van der Waals surface area contributed by atoms with Crippen molar-refractivity contribution in [1.29, 1.82) is 0 Å². The summed E-state index contributed by atoms with van der Waals surface area (Å²) in [6, 6.07) is 1.88. The van der Waals surface area contributed by atoms with E-state index in [2.05, 4.69) is 38.8 Å². The molecule has 1 amide bonds. The maximum Gasteiger partial charge on any atom is 0.255 e. The van der Waals surface area contributed by atoms with Gasteiger partial charge >= 0.3 is 0 Å². The lowest BCUT2D eigenvalue weighted by atomic mass is 10.1. The van der Waals surface area contributed by atoms with E-state index in [1.807, 2.05) is 34.8 Å². The fraction of sp³-hybridized carbons (Fsp3) is 0.444. The lowest BCUT2D eigenvalue weighted by Crippen LogP contribution is -2.49. The Bertz CT molecular complexity index is 934. The number of aromatic amines is 1. The van der Waals surface area contributed by atoms with E-state index in [9.17, 15) is 4.79 Å². The van der Waals surface area contributed by atoms with Gasteiger partial charge in [-0.25, -0.2) is 4.98 Å². The number of aromatic nitrogens is 5. The van der Waals surface area contributed by atoms with E-state index in [1.54, 1.807) is 6.20 Å². The average Bonchev–Trinajstić information content (AvgIpc) is 3.26. The second kappa shape index (κ2) is 6.44. The molecule has 1 N–H and O–H groups in total. The predicted molar refractivity (Wildman–Crippen MR) is 98.5 cm³/mol. The Morgan fingerprint density at radius 3 is 2.69 bits per heavy atom. The summed E-state index contributed by atoms with van der Waals surface area (Å²) in [6.45, 7) is 8.89. The summed E-state index contributed by atoms with van der Waals surface area (Å²) >= 11 is 0. The fourth-order valence-electron chi connectivity index (χ4n) is 3.48. The van der Waals surface area contributed by atoms with Crippen LogP contribution in [0, 0.1) is 6.92 Å². The van der Waals surface area contributed by atoms with Crippen LogP contribution < -0.4 is 4.90 Å². The van der Waals surface area contributed by atoms with Gasteiger partial charge in [0.05, 0.1) is 18.0 Å². The summed E-state index contributed by atoms with van der Waals surface area (Å²) in [5, 5.41) is 4.45. The summed E-state index contributed by atoms with van der Waals surface area (Å²) in [7, 11) is 0. The van der Waals surface area contributed by atoms with Gasteiger partial charge in [-0.3, -0.25) is 9.78 Å². The number of aryl methyl sites for hydroxylation is 1. The molecule has 0 spiro atoms. The zero-order valence-electron chi connectivity index (χ0n) is 15.3. The Hall–Kier alpha value is -2.90. The highest BCUT2D eigenvalue weighted by Crippen LogP contribution is 2.21. The molecule has 0 aliphatic carbocycles. The number of nitrogens with one attached hydrogen (secondary N) is 1. The van der Waals surface area contributed by atoms with Gasteiger partial charge in [-0.15, -0.1) is 5.10 Å². The Morgan fingerprint density at radius 2 is 1.96 bits per heavy atom. The number of fused-ring (bicyclic) bond motifs is 1. The van der Waals surface area contributed by atoms with Crippen LogP contribution in [0.4, 0.5) is 5.82 Å². The van der Waals surface area contributed by atoms with Crippen molar-refractivity contribution in [2.75, 3.05) is 31.1 Å². The van der Waals surface area contributed by atoms with Gasteiger partial charge in [0.25, 0.3) is 5.91 Å². The van der Waals surface area contributed by atoms with Crippen molar-refractivity contribution in [3.63, 3.8) is 0 Å². The van der Waals surface area contributed by atoms with E-state index in [0.717, 1.165) is 41.6 Å². The molecule has 1 aliphatic heterocycles. The van der Waals surface area contributed by atoms with E-state index >= 15 is 0 Å². The molecule has 3 aromatic rings. The Labute approximate surface area is 151 Å². The van der Waals surface area contributed by atoms with Crippen LogP contribution in [-0.2, 0) is 0 Å². The molecule has 0 radical (unpaired) electrons. The molecule has 0 bridgehead atoms.